The fourth-order valence-electron chi connectivity index (χ4n) is 2.78. The molecular weight excluding hydrogens is 318 g/mol. The lowest BCUT2D eigenvalue weighted by atomic mass is 9.99. The second-order valence-corrected chi connectivity index (χ2v) is 7.71. The Morgan fingerprint density at radius 3 is 3.00 bits per heavy atom. The molecule has 1 aliphatic rings. The largest absolute Gasteiger partial charge is 0.349 e. The Labute approximate surface area is 134 Å². The summed E-state index contributed by atoms with van der Waals surface area (Å²) in [6.07, 6.45) is 4.40. The standard InChI is InChI=1S/C14H19N5O3S/c1-23(21,22)18-7-4-5-11(10-18)14(20)15-9-13-17-16-12-6-2-3-8-19(12)13/h2-3,6,8,11H,4-5,7,9-10H2,1H3,(H,15,20)/t11-/m0/s1. The summed E-state index contributed by atoms with van der Waals surface area (Å²) in [4.78, 5) is 12.3. The number of rotatable bonds is 4. The number of pyridine rings is 1. The number of piperidine rings is 1. The van der Waals surface area contributed by atoms with Gasteiger partial charge in [-0.1, -0.05) is 6.07 Å². The average molecular weight is 337 g/mol. The molecule has 124 valence electrons. The summed E-state index contributed by atoms with van der Waals surface area (Å²) in [5, 5.41) is 10.9. The molecule has 1 N–H and O–H groups in total. The van der Waals surface area contributed by atoms with Crippen LogP contribution in [0.2, 0.25) is 0 Å². The van der Waals surface area contributed by atoms with Gasteiger partial charge in [-0.3, -0.25) is 9.20 Å². The number of carbonyl (C=O) groups excluding carboxylic acids is 1. The van der Waals surface area contributed by atoms with Gasteiger partial charge in [0.2, 0.25) is 15.9 Å². The first-order valence-corrected chi connectivity index (χ1v) is 9.31. The Morgan fingerprint density at radius 2 is 2.22 bits per heavy atom. The fourth-order valence-corrected chi connectivity index (χ4v) is 3.69. The SMILES string of the molecule is CS(=O)(=O)N1CCC[C@H](C(=O)NCc2nnc3ccccn23)C1. The van der Waals surface area contributed by atoms with Crippen molar-refractivity contribution >= 4 is 21.6 Å². The first-order valence-electron chi connectivity index (χ1n) is 7.46. The predicted octanol–water partition coefficient (Wildman–Crippen LogP) is 0.0171. The summed E-state index contributed by atoms with van der Waals surface area (Å²) in [5.41, 5.74) is 0.720. The number of hydrogen-bond acceptors (Lipinski definition) is 5. The van der Waals surface area contributed by atoms with Gasteiger partial charge in [0.1, 0.15) is 0 Å². The number of amides is 1. The lowest BCUT2D eigenvalue weighted by Crippen LogP contribution is -2.45. The zero-order chi connectivity index (χ0) is 16.4. The van der Waals surface area contributed by atoms with Crippen LogP contribution in [0.1, 0.15) is 18.7 Å². The van der Waals surface area contributed by atoms with Crippen molar-refractivity contribution in [2.24, 2.45) is 5.92 Å². The van der Waals surface area contributed by atoms with Gasteiger partial charge < -0.3 is 5.32 Å². The molecule has 1 atom stereocenters. The van der Waals surface area contributed by atoms with Crippen LogP contribution in [0.15, 0.2) is 24.4 Å². The van der Waals surface area contributed by atoms with Crippen LogP contribution in [-0.2, 0) is 21.4 Å². The molecule has 1 aliphatic heterocycles. The van der Waals surface area contributed by atoms with Crippen LogP contribution in [0.4, 0.5) is 0 Å². The second kappa shape index (κ2) is 6.25. The summed E-state index contributed by atoms with van der Waals surface area (Å²) in [6.45, 7) is 0.988. The Bertz CT molecular complexity index is 817. The highest BCUT2D eigenvalue weighted by molar-refractivity contribution is 7.88. The van der Waals surface area contributed by atoms with Crippen LogP contribution < -0.4 is 5.32 Å². The van der Waals surface area contributed by atoms with Crippen molar-refractivity contribution in [2.45, 2.75) is 19.4 Å². The normalized spacial score (nSPS) is 19.8. The van der Waals surface area contributed by atoms with Crippen LogP contribution in [0.5, 0.6) is 0 Å². The van der Waals surface area contributed by atoms with Crippen LogP contribution in [-0.4, -0.2) is 52.6 Å². The van der Waals surface area contributed by atoms with Crippen molar-refractivity contribution in [3.05, 3.63) is 30.2 Å². The van der Waals surface area contributed by atoms with Crippen LogP contribution in [0.3, 0.4) is 0 Å². The molecule has 1 amide bonds. The summed E-state index contributed by atoms with van der Waals surface area (Å²) < 4.78 is 26.4. The maximum absolute atomic E-state index is 12.3. The van der Waals surface area contributed by atoms with Gasteiger partial charge in [-0.25, -0.2) is 12.7 Å². The van der Waals surface area contributed by atoms with Gasteiger partial charge in [-0.15, -0.1) is 10.2 Å². The monoisotopic (exact) mass is 337 g/mol. The highest BCUT2D eigenvalue weighted by atomic mass is 32.2. The Hall–Kier alpha value is -2.00. The van der Waals surface area contributed by atoms with E-state index in [1.165, 1.54) is 10.6 Å². The number of hydrogen-bond donors (Lipinski definition) is 1. The lowest BCUT2D eigenvalue weighted by molar-refractivity contribution is -0.126. The molecule has 3 heterocycles. The topological polar surface area (TPSA) is 96.7 Å². The van der Waals surface area contributed by atoms with E-state index in [0.717, 1.165) is 5.65 Å². The molecule has 23 heavy (non-hydrogen) atoms. The van der Waals surface area contributed by atoms with Gasteiger partial charge in [0.05, 0.1) is 18.7 Å². The number of carbonyl (C=O) groups is 1. The molecule has 0 unspecified atom stereocenters. The number of sulfonamides is 1. The molecule has 3 rings (SSSR count). The third-order valence-corrected chi connectivity index (χ3v) is 5.30. The Balaban J connectivity index is 1.63. The lowest BCUT2D eigenvalue weighted by Gasteiger charge is -2.30. The molecule has 0 aromatic carbocycles. The van der Waals surface area contributed by atoms with E-state index in [9.17, 15) is 13.2 Å². The van der Waals surface area contributed by atoms with Gasteiger partial charge >= 0.3 is 0 Å². The third-order valence-electron chi connectivity index (χ3n) is 4.03. The van der Waals surface area contributed by atoms with Crippen LogP contribution >= 0.6 is 0 Å². The summed E-state index contributed by atoms with van der Waals surface area (Å²) in [7, 11) is -3.25. The number of aromatic nitrogens is 3. The van der Waals surface area contributed by atoms with Gasteiger partial charge in [0, 0.05) is 19.3 Å². The van der Waals surface area contributed by atoms with Crippen molar-refractivity contribution in [1.29, 1.82) is 0 Å². The van der Waals surface area contributed by atoms with Gasteiger partial charge in [0.15, 0.2) is 11.5 Å². The Morgan fingerprint density at radius 1 is 1.39 bits per heavy atom. The maximum atomic E-state index is 12.3. The molecule has 0 bridgehead atoms. The molecule has 1 saturated heterocycles. The zero-order valence-corrected chi connectivity index (χ0v) is 13.7. The molecular formula is C14H19N5O3S. The van der Waals surface area contributed by atoms with E-state index >= 15 is 0 Å². The molecule has 1 fully saturated rings. The summed E-state index contributed by atoms with van der Waals surface area (Å²) in [6, 6.07) is 5.57. The van der Waals surface area contributed by atoms with Crippen molar-refractivity contribution in [3.63, 3.8) is 0 Å². The maximum Gasteiger partial charge on any atom is 0.224 e. The fraction of sp³-hybridized carbons (Fsp3) is 0.500. The highest BCUT2D eigenvalue weighted by Gasteiger charge is 2.30. The molecule has 8 nitrogen and oxygen atoms in total. The molecule has 2 aromatic rings. The van der Waals surface area contributed by atoms with Gasteiger partial charge in [-0.05, 0) is 25.0 Å². The van der Waals surface area contributed by atoms with Crippen LogP contribution in [0.25, 0.3) is 5.65 Å². The number of fused-ring (bicyclic) bond motifs is 1. The van der Waals surface area contributed by atoms with E-state index in [0.29, 0.717) is 25.2 Å². The van der Waals surface area contributed by atoms with E-state index in [-0.39, 0.29) is 24.9 Å². The van der Waals surface area contributed by atoms with E-state index in [1.54, 1.807) is 0 Å². The van der Waals surface area contributed by atoms with E-state index in [1.807, 2.05) is 28.8 Å². The van der Waals surface area contributed by atoms with E-state index < -0.39 is 10.0 Å². The third kappa shape index (κ3) is 3.50. The van der Waals surface area contributed by atoms with E-state index in [2.05, 4.69) is 15.5 Å². The highest BCUT2D eigenvalue weighted by Crippen LogP contribution is 2.18. The second-order valence-electron chi connectivity index (χ2n) is 5.72. The van der Waals surface area contributed by atoms with Crippen molar-refractivity contribution in [2.75, 3.05) is 19.3 Å². The van der Waals surface area contributed by atoms with Crippen molar-refractivity contribution in [3.8, 4) is 0 Å². The minimum Gasteiger partial charge on any atom is -0.349 e. The minimum absolute atomic E-state index is 0.147. The molecule has 0 aliphatic carbocycles. The summed E-state index contributed by atoms with van der Waals surface area (Å²) >= 11 is 0. The average Bonchev–Trinajstić information content (AvgIpc) is 2.95. The van der Waals surface area contributed by atoms with E-state index in [4.69, 9.17) is 0 Å². The summed E-state index contributed by atoms with van der Waals surface area (Å²) in [5.74, 6) is 0.174. The first-order chi connectivity index (χ1) is 10.9. The number of nitrogens with one attached hydrogen (secondary N) is 1. The number of nitrogens with zero attached hydrogens (tertiary/aromatic N) is 4. The minimum atomic E-state index is -3.25. The van der Waals surface area contributed by atoms with Gasteiger partial charge in [-0.2, -0.15) is 0 Å². The Kier molecular flexibility index (Phi) is 4.31. The molecule has 0 saturated carbocycles. The first kappa shape index (κ1) is 15.9. The molecule has 2 aromatic heterocycles. The smallest absolute Gasteiger partial charge is 0.224 e. The molecule has 0 radical (unpaired) electrons. The zero-order valence-electron chi connectivity index (χ0n) is 12.8. The molecule has 9 heteroatoms. The molecule has 0 spiro atoms. The van der Waals surface area contributed by atoms with Crippen molar-refractivity contribution in [1.82, 2.24) is 24.2 Å². The van der Waals surface area contributed by atoms with Crippen LogP contribution in [0, 0.1) is 5.92 Å². The quantitative estimate of drug-likeness (QED) is 0.848. The van der Waals surface area contributed by atoms with Gasteiger partial charge in [0.25, 0.3) is 0 Å². The predicted molar refractivity (Wildman–Crippen MR) is 84.0 cm³/mol. The van der Waals surface area contributed by atoms with Crippen molar-refractivity contribution < 1.29 is 13.2 Å².